The number of halogens is 2. The number of ether oxygens (including phenoxy) is 1. The van der Waals surface area contributed by atoms with E-state index in [0.29, 0.717) is 6.54 Å². The molecule has 2 rings (SSSR count). The second-order valence-corrected chi connectivity index (χ2v) is 5.48. The maximum atomic E-state index is 13.0. The quantitative estimate of drug-likeness (QED) is 0.818. The van der Waals surface area contributed by atoms with Crippen LogP contribution in [0.15, 0.2) is 24.4 Å². The molecule has 2 atom stereocenters. The van der Waals surface area contributed by atoms with Gasteiger partial charge < -0.3 is 15.2 Å². The highest BCUT2D eigenvalue weighted by Crippen LogP contribution is 2.17. The summed E-state index contributed by atoms with van der Waals surface area (Å²) in [6.07, 6.45) is 1.01. The number of nitrogens with zero attached hydrogens (tertiary/aromatic N) is 2. The molecule has 0 radical (unpaired) electrons. The van der Waals surface area contributed by atoms with Crippen molar-refractivity contribution >= 4 is 0 Å². The Labute approximate surface area is 133 Å². The van der Waals surface area contributed by atoms with Gasteiger partial charge >= 0.3 is 0 Å². The summed E-state index contributed by atoms with van der Waals surface area (Å²) in [4.78, 5) is 0. The molecule has 0 amide bonds. The van der Waals surface area contributed by atoms with Crippen molar-refractivity contribution in [3.8, 4) is 5.75 Å². The average Bonchev–Trinajstić information content (AvgIpc) is 2.86. The molecule has 126 valence electrons. The summed E-state index contributed by atoms with van der Waals surface area (Å²) in [5.74, 6) is -1.73. The lowest BCUT2D eigenvalue weighted by Gasteiger charge is -2.17. The van der Waals surface area contributed by atoms with Crippen molar-refractivity contribution in [2.45, 2.75) is 26.0 Å². The SMILES string of the molecule is Cc1c(C(C)NCC(O)COc2ccc(F)c(F)c2)cnn1C. The third kappa shape index (κ3) is 4.49. The van der Waals surface area contributed by atoms with Gasteiger partial charge in [-0.3, -0.25) is 4.68 Å². The Morgan fingerprint density at radius 3 is 2.70 bits per heavy atom. The first-order valence-corrected chi connectivity index (χ1v) is 7.36. The number of aryl methyl sites for hydroxylation is 1. The van der Waals surface area contributed by atoms with Gasteiger partial charge in [0.15, 0.2) is 11.6 Å². The largest absolute Gasteiger partial charge is 0.491 e. The number of aliphatic hydroxyl groups is 1. The van der Waals surface area contributed by atoms with E-state index in [9.17, 15) is 13.9 Å². The lowest BCUT2D eigenvalue weighted by molar-refractivity contribution is 0.104. The summed E-state index contributed by atoms with van der Waals surface area (Å²) < 4.78 is 32.9. The summed E-state index contributed by atoms with van der Waals surface area (Å²) in [5, 5.41) is 17.3. The third-order valence-electron chi connectivity index (χ3n) is 3.73. The van der Waals surface area contributed by atoms with Gasteiger partial charge in [0, 0.05) is 37.0 Å². The van der Waals surface area contributed by atoms with Crippen molar-refractivity contribution in [1.82, 2.24) is 15.1 Å². The smallest absolute Gasteiger partial charge is 0.162 e. The zero-order valence-electron chi connectivity index (χ0n) is 13.4. The number of aliphatic hydroxyl groups excluding tert-OH is 1. The van der Waals surface area contributed by atoms with Gasteiger partial charge in [0.25, 0.3) is 0 Å². The zero-order valence-corrected chi connectivity index (χ0v) is 13.4. The Hall–Kier alpha value is -1.99. The summed E-state index contributed by atoms with van der Waals surface area (Å²) in [6, 6.07) is 3.29. The number of hydrogen-bond donors (Lipinski definition) is 2. The number of rotatable bonds is 7. The molecule has 2 N–H and O–H groups in total. The summed E-state index contributed by atoms with van der Waals surface area (Å²) >= 11 is 0. The second kappa shape index (κ2) is 7.52. The fourth-order valence-corrected chi connectivity index (χ4v) is 2.18. The van der Waals surface area contributed by atoms with Crippen molar-refractivity contribution in [2.75, 3.05) is 13.2 Å². The van der Waals surface area contributed by atoms with E-state index in [0.717, 1.165) is 23.4 Å². The van der Waals surface area contributed by atoms with Crippen LogP contribution >= 0.6 is 0 Å². The topological polar surface area (TPSA) is 59.3 Å². The average molecular weight is 325 g/mol. The normalized spacial score (nSPS) is 13.8. The van der Waals surface area contributed by atoms with Gasteiger partial charge in [-0.25, -0.2) is 8.78 Å². The van der Waals surface area contributed by atoms with Crippen molar-refractivity contribution in [3.63, 3.8) is 0 Å². The number of nitrogens with one attached hydrogen (secondary N) is 1. The maximum Gasteiger partial charge on any atom is 0.162 e. The summed E-state index contributed by atoms with van der Waals surface area (Å²) in [7, 11) is 1.87. The molecule has 0 aliphatic heterocycles. The van der Waals surface area contributed by atoms with Crippen LogP contribution in [0.2, 0.25) is 0 Å². The third-order valence-corrected chi connectivity index (χ3v) is 3.73. The van der Waals surface area contributed by atoms with Crippen LogP contribution in [0, 0.1) is 18.6 Å². The zero-order chi connectivity index (χ0) is 17.0. The molecule has 0 fully saturated rings. The minimum atomic E-state index is -0.976. The molecule has 0 spiro atoms. The van der Waals surface area contributed by atoms with E-state index in [4.69, 9.17) is 4.74 Å². The van der Waals surface area contributed by atoms with Crippen molar-refractivity contribution in [2.24, 2.45) is 7.05 Å². The van der Waals surface area contributed by atoms with Crippen molar-refractivity contribution in [3.05, 3.63) is 47.3 Å². The van der Waals surface area contributed by atoms with Crippen LogP contribution in [0.5, 0.6) is 5.75 Å². The van der Waals surface area contributed by atoms with E-state index < -0.39 is 17.7 Å². The molecule has 2 aromatic rings. The fourth-order valence-electron chi connectivity index (χ4n) is 2.18. The van der Waals surface area contributed by atoms with Gasteiger partial charge in [0.1, 0.15) is 18.5 Å². The first-order chi connectivity index (χ1) is 10.9. The Morgan fingerprint density at radius 1 is 1.35 bits per heavy atom. The molecule has 0 saturated carbocycles. The van der Waals surface area contributed by atoms with Crippen molar-refractivity contribution in [1.29, 1.82) is 0 Å². The molecule has 2 unspecified atom stereocenters. The lowest BCUT2D eigenvalue weighted by atomic mass is 10.1. The van der Waals surface area contributed by atoms with Gasteiger partial charge in [-0.1, -0.05) is 0 Å². The van der Waals surface area contributed by atoms with Crippen LogP contribution in [0.25, 0.3) is 0 Å². The Morgan fingerprint density at radius 2 is 2.09 bits per heavy atom. The molecular weight excluding hydrogens is 304 g/mol. The van der Waals surface area contributed by atoms with Crippen LogP contribution in [-0.2, 0) is 7.05 Å². The van der Waals surface area contributed by atoms with Gasteiger partial charge in [-0.15, -0.1) is 0 Å². The van der Waals surface area contributed by atoms with Crippen LogP contribution in [0.4, 0.5) is 8.78 Å². The predicted molar refractivity (Wildman–Crippen MR) is 82.2 cm³/mol. The van der Waals surface area contributed by atoms with Crippen LogP contribution in [0.1, 0.15) is 24.2 Å². The van der Waals surface area contributed by atoms with Crippen molar-refractivity contribution < 1.29 is 18.6 Å². The monoisotopic (exact) mass is 325 g/mol. The van der Waals surface area contributed by atoms with E-state index >= 15 is 0 Å². The van der Waals surface area contributed by atoms with E-state index in [2.05, 4.69) is 10.4 Å². The molecule has 7 heteroatoms. The summed E-state index contributed by atoms with van der Waals surface area (Å²) in [5.41, 5.74) is 2.11. The maximum absolute atomic E-state index is 13.0. The van der Waals surface area contributed by atoms with E-state index in [1.54, 1.807) is 10.9 Å². The predicted octanol–water partition coefficient (Wildman–Crippen LogP) is 2.10. The second-order valence-electron chi connectivity index (χ2n) is 5.48. The molecule has 0 saturated heterocycles. The Kier molecular flexibility index (Phi) is 5.68. The Balaban J connectivity index is 1.79. The Bertz CT molecular complexity index is 661. The van der Waals surface area contributed by atoms with E-state index in [-0.39, 0.29) is 18.4 Å². The minimum absolute atomic E-state index is 0.0170. The highest BCUT2D eigenvalue weighted by molar-refractivity contribution is 5.23. The van der Waals surface area contributed by atoms with Gasteiger partial charge in [0.05, 0.1) is 6.20 Å². The highest BCUT2D eigenvalue weighted by Gasteiger charge is 2.14. The molecule has 1 heterocycles. The molecule has 23 heavy (non-hydrogen) atoms. The molecular formula is C16H21F2N3O2. The fraction of sp³-hybridized carbons (Fsp3) is 0.438. The van der Waals surface area contributed by atoms with E-state index in [1.165, 1.54) is 6.07 Å². The number of hydrogen-bond acceptors (Lipinski definition) is 4. The summed E-state index contributed by atoms with van der Waals surface area (Å²) in [6.45, 7) is 4.24. The molecule has 0 aliphatic carbocycles. The van der Waals surface area contributed by atoms with Gasteiger partial charge in [0.2, 0.25) is 0 Å². The number of benzene rings is 1. The first kappa shape index (κ1) is 17.4. The van der Waals surface area contributed by atoms with Crippen LogP contribution in [0.3, 0.4) is 0 Å². The molecule has 1 aromatic heterocycles. The molecule has 1 aromatic carbocycles. The first-order valence-electron chi connectivity index (χ1n) is 7.36. The van der Waals surface area contributed by atoms with E-state index in [1.807, 2.05) is 20.9 Å². The molecule has 0 bridgehead atoms. The van der Waals surface area contributed by atoms with Crippen LogP contribution in [-0.4, -0.2) is 34.1 Å². The standard InChI is InChI=1S/C16H21F2N3O2/c1-10(14-8-20-21(3)11(14)2)19-7-12(22)9-23-13-4-5-15(17)16(18)6-13/h4-6,8,10,12,19,22H,7,9H2,1-3H3. The van der Waals surface area contributed by atoms with Gasteiger partial charge in [-0.05, 0) is 26.0 Å². The molecule has 5 nitrogen and oxygen atoms in total. The van der Waals surface area contributed by atoms with Crippen LogP contribution < -0.4 is 10.1 Å². The number of aromatic nitrogens is 2. The molecule has 0 aliphatic rings. The minimum Gasteiger partial charge on any atom is -0.491 e. The van der Waals surface area contributed by atoms with Gasteiger partial charge in [-0.2, -0.15) is 5.10 Å². The highest BCUT2D eigenvalue weighted by atomic mass is 19.2. The lowest BCUT2D eigenvalue weighted by Crippen LogP contribution is -2.33.